The van der Waals surface area contributed by atoms with E-state index < -0.39 is 11.7 Å². The van der Waals surface area contributed by atoms with Crippen molar-refractivity contribution in [2.45, 2.75) is 12.6 Å². The first-order valence-corrected chi connectivity index (χ1v) is 10.7. The van der Waals surface area contributed by atoms with Crippen LogP contribution >= 0.6 is 0 Å². The number of rotatable bonds is 3. The molecule has 1 saturated heterocycles. The second kappa shape index (κ2) is 8.65. The van der Waals surface area contributed by atoms with E-state index in [0.29, 0.717) is 31.3 Å². The SMILES string of the molecule is FC(F)(F)c1ccc(N2CCCN(c3nc(-c4cccnc4)nc4ccccc34)CC2)nc1. The lowest BCUT2D eigenvalue weighted by atomic mass is 10.2. The third-order valence-electron chi connectivity index (χ3n) is 5.70. The Balaban J connectivity index is 1.43. The molecule has 0 amide bonds. The van der Waals surface area contributed by atoms with Gasteiger partial charge in [-0.05, 0) is 42.8 Å². The van der Waals surface area contributed by atoms with Crippen LogP contribution in [0, 0.1) is 0 Å². The fourth-order valence-corrected chi connectivity index (χ4v) is 4.02. The molecular weight excluding hydrogens is 429 g/mol. The van der Waals surface area contributed by atoms with Crippen molar-refractivity contribution in [2.75, 3.05) is 36.0 Å². The Morgan fingerprint density at radius 2 is 1.61 bits per heavy atom. The molecule has 9 heteroatoms. The number of benzene rings is 1. The van der Waals surface area contributed by atoms with Crippen molar-refractivity contribution >= 4 is 22.5 Å². The number of hydrogen-bond acceptors (Lipinski definition) is 6. The van der Waals surface area contributed by atoms with Crippen molar-refractivity contribution in [3.63, 3.8) is 0 Å². The molecule has 168 valence electrons. The van der Waals surface area contributed by atoms with Crippen molar-refractivity contribution in [1.82, 2.24) is 19.9 Å². The number of alkyl halides is 3. The van der Waals surface area contributed by atoms with Gasteiger partial charge in [0.1, 0.15) is 11.6 Å². The molecule has 0 spiro atoms. The lowest BCUT2D eigenvalue weighted by Crippen LogP contribution is -2.31. The molecule has 0 bridgehead atoms. The summed E-state index contributed by atoms with van der Waals surface area (Å²) in [4.78, 5) is 22.1. The highest BCUT2D eigenvalue weighted by molar-refractivity contribution is 5.91. The van der Waals surface area contributed by atoms with Crippen molar-refractivity contribution in [3.8, 4) is 11.4 Å². The van der Waals surface area contributed by atoms with Crippen molar-refractivity contribution in [3.05, 3.63) is 72.7 Å². The Morgan fingerprint density at radius 3 is 2.36 bits per heavy atom. The molecule has 5 rings (SSSR count). The Hall–Kier alpha value is -3.75. The van der Waals surface area contributed by atoms with E-state index in [1.54, 1.807) is 12.4 Å². The van der Waals surface area contributed by atoms with Crippen LogP contribution in [0.25, 0.3) is 22.3 Å². The summed E-state index contributed by atoms with van der Waals surface area (Å²) in [6.07, 6.45) is 0.791. The third-order valence-corrected chi connectivity index (χ3v) is 5.70. The Morgan fingerprint density at radius 1 is 0.788 bits per heavy atom. The molecular formula is C24H21F3N6. The lowest BCUT2D eigenvalue weighted by Gasteiger charge is -2.25. The number of hydrogen-bond donors (Lipinski definition) is 0. The molecule has 0 atom stereocenters. The minimum Gasteiger partial charge on any atom is -0.355 e. The van der Waals surface area contributed by atoms with Crippen LogP contribution in [0.15, 0.2) is 67.1 Å². The fraction of sp³-hybridized carbons (Fsp3) is 0.250. The van der Waals surface area contributed by atoms with Gasteiger partial charge in [-0.1, -0.05) is 12.1 Å². The monoisotopic (exact) mass is 450 g/mol. The number of nitrogens with zero attached hydrogens (tertiary/aromatic N) is 6. The van der Waals surface area contributed by atoms with Crippen LogP contribution in [0.1, 0.15) is 12.0 Å². The summed E-state index contributed by atoms with van der Waals surface area (Å²) in [5.41, 5.74) is 0.958. The van der Waals surface area contributed by atoms with Crippen LogP contribution < -0.4 is 9.80 Å². The van der Waals surface area contributed by atoms with E-state index in [-0.39, 0.29) is 0 Å². The van der Waals surface area contributed by atoms with Crippen LogP contribution in [0.4, 0.5) is 24.8 Å². The topological polar surface area (TPSA) is 58.0 Å². The summed E-state index contributed by atoms with van der Waals surface area (Å²) in [5.74, 6) is 2.01. The van der Waals surface area contributed by atoms with Crippen LogP contribution in [0.2, 0.25) is 0 Å². The third kappa shape index (κ3) is 4.44. The second-order valence-electron chi connectivity index (χ2n) is 7.86. The summed E-state index contributed by atoms with van der Waals surface area (Å²) in [7, 11) is 0. The molecule has 6 nitrogen and oxygen atoms in total. The van der Waals surface area contributed by atoms with E-state index in [1.165, 1.54) is 6.07 Å². The van der Waals surface area contributed by atoms with E-state index in [4.69, 9.17) is 9.97 Å². The Labute approximate surface area is 188 Å². The number of aromatic nitrogens is 4. The molecule has 0 aliphatic carbocycles. The largest absolute Gasteiger partial charge is 0.417 e. The summed E-state index contributed by atoms with van der Waals surface area (Å²) in [6.45, 7) is 2.76. The maximum atomic E-state index is 12.9. The van der Waals surface area contributed by atoms with Gasteiger partial charge in [0.25, 0.3) is 0 Å². The maximum Gasteiger partial charge on any atom is 0.417 e. The van der Waals surface area contributed by atoms with Crippen LogP contribution in [-0.2, 0) is 6.18 Å². The van der Waals surface area contributed by atoms with Crippen molar-refractivity contribution < 1.29 is 13.2 Å². The number of para-hydroxylation sites is 1. The molecule has 1 aliphatic rings. The molecule has 3 aromatic heterocycles. The second-order valence-corrected chi connectivity index (χ2v) is 7.86. The number of pyridine rings is 2. The van der Waals surface area contributed by atoms with Crippen molar-refractivity contribution in [2.24, 2.45) is 0 Å². The average molecular weight is 450 g/mol. The summed E-state index contributed by atoms with van der Waals surface area (Å²) >= 11 is 0. The highest BCUT2D eigenvalue weighted by Crippen LogP contribution is 2.31. The van der Waals surface area contributed by atoms with Gasteiger partial charge in [-0.15, -0.1) is 0 Å². The lowest BCUT2D eigenvalue weighted by molar-refractivity contribution is -0.137. The van der Waals surface area contributed by atoms with E-state index in [9.17, 15) is 13.2 Å². The van der Waals surface area contributed by atoms with E-state index >= 15 is 0 Å². The van der Waals surface area contributed by atoms with E-state index in [1.807, 2.05) is 41.3 Å². The Bertz CT molecular complexity index is 1240. The molecule has 1 fully saturated rings. The molecule has 33 heavy (non-hydrogen) atoms. The molecule has 4 aromatic rings. The van der Waals surface area contributed by atoms with Gasteiger partial charge < -0.3 is 9.80 Å². The van der Waals surface area contributed by atoms with Crippen LogP contribution in [0.5, 0.6) is 0 Å². The minimum atomic E-state index is -4.39. The molecule has 1 aliphatic heterocycles. The molecule has 0 unspecified atom stereocenters. The average Bonchev–Trinajstić information content (AvgIpc) is 3.10. The minimum absolute atomic E-state index is 0.549. The highest BCUT2D eigenvalue weighted by atomic mass is 19.4. The summed E-state index contributed by atoms with van der Waals surface area (Å²) in [5, 5.41) is 0.964. The number of anilines is 2. The van der Waals surface area contributed by atoms with Crippen molar-refractivity contribution in [1.29, 1.82) is 0 Å². The van der Waals surface area contributed by atoms with Gasteiger partial charge in [0.2, 0.25) is 0 Å². The van der Waals surface area contributed by atoms with Crippen LogP contribution in [-0.4, -0.2) is 46.1 Å². The Kier molecular flexibility index (Phi) is 5.53. The van der Waals surface area contributed by atoms with Gasteiger partial charge in [-0.3, -0.25) is 4.98 Å². The zero-order chi connectivity index (χ0) is 22.8. The van der Waals surface area contributed by atoms with Gasteiger partial charge >= 0.3 is 6.18 Å². The zero-order valence-corrected chi connectivity index (χ0v) is 17.7. The zero-order valence-electron chi connectivity index (χ0n) is 17.7. The molecule has 0 N–H and O–H groups in total. The standard InChI is InChI=1S/C24H21F3N6/c25-24(26,27)18-8-9-21(29-16-18)32-11-4-12-33(14-13-32)23-19-6-1-2-7-20(19)30-22(31-23)17-5-3-10-28-15-17/h1-3,5-10,15-16H,4,11-14H2. The fourth-order valence-electron chi connectivity index (χ4n) is 4.02. The quantitative estimate of drug-likeness (QED) is 0.446. The smallest absolute Gasteiger partial charge is 0.355 e. The van der Waals surface area contributed by atoms with Gasteiger partial charge in [0.15, 0.2) is 5.82 Å². The van der Waals surface area contributed by atoms with Gasteiger partial charge in [-0.25, -0.2) is 15.0 Å². The van der Waals surface area contributed by atoms with Gasteiger partial charge in [-0.2, -0.15) is 13.2 Å². The number of fused-ring (bicyclic) bond motifs is 1. The van der Waals surface area contributed by atoms with E-state index in [2.05, 4.69) is 14.9 Å². The normalized spacial score (nSPS) is 15.0. The van der Waals surface area contributed by atoms with Gasteiger partial charge in [0, 0.05) is 55.7 Å². The first-order chi connectivity index (χ1) is 16.0. The first-order valence-electron chi connectivity index (χ1n) is 10.7. The maximum absolute atomic E-state index is 12.9. The molecule has 0 saturated carbocycles. The molecule has 1 aromatic carbocycles. The summed E-state index contributed by atoms with van der Waals surface area (Å²) < 4.78 is 38.6. The highest BCUT2D eigenvalue weighted by Gasteiger charge is 2.31. The molecule has 4 heterocycles. The van der Waals surface area contributed by atoms with Crippen LogP contribution in [0.3, 0.4) is 0 Å². The first kappa shape index (κ1) is 21.1. The summed E-state index contributed by atoms with van der Waals surface area (Å²) in [6, 6.07) is 14.2. The van der Waals surface area contributed by atoms with Gasteiger partial charge in [0.05, 0.1) is 11.1 Å². The predicted octanol–water partition coefficient (Wildman–Crippen LogP) is 4.82. The number of halogens is 3. The predicted molar refractivity (Wildman–Crippen MR) is 121 cm³/mol. The molecule has 0 radical (unpaired) electrons. The van der Waals surface area contributed by atoms with E-state index in [0.717, 1.165) is 47.5 Å².